The molecule has 5 heteroatoms. The fourth-order valence-corrected chi connectivity index (χ4v) is 2.47. The van der Waals surface area contributed by atoms with E-state index >= 15 is 0 Å². The van der Waals surface area contributed by atoms with Crippen LogP contribution >= 0.6 is 27.5 Å². The van der Waals surface area contributed by atoms with Gasteiger partial charge in [-0.3, -0.25) is 4.79 Å². The summed E-state index contributed by atoms with van der Waals surface area (Å²) in [5, 5.41) is 0.275. The average molecular weight is 318 g/mol. The van der Waals surface area contributed by atoms with Crippen LogP contribution in [0.2, 0.25) is 5.15 Å². The Bertz CT molecular complexity index is 431. The van der Waals surface area contributed by atoms with E-state index in [0.29, 0.717) is 11.5 Å². The number of aromatic nitrogens is 1. The van der Waals surface area contributed by atoms with Crippen LogP contribution in [0.4, 0.5) is 0 Å². The third-order valence-corrected chi connectivity index (χ3v) is 3.84. The fraction of sp³-hybridized carbons (Fsp3) is 0.500. The summed E-state index contributed by atoms with van der Waals surface area (Å²) in [6.07, 6.45) is 3.72. The smallest absolute Gasteiger partial charge is 0.257 e. The monoisotopic (exact) mass is 316 g/mol. The Morgan fingerprint density at radius 3 is 2.82 bits per heavy atom. The molecule has 2 heterocycles. The van der Waals surface area contributed by atoms with Gasteiger partial charge in [-0.1, -0.05) is 18.5 Å². The summed E-state index contributed by atoms with van der Waals surface area (Å²) in [5.41, 5.74) is 0.482. The molecular formula is C12H14BrClN2O. The van der Waals surface area contributed by atoms with Crippen molar-refractivity contribution in [3.8, 4) is 0 Å². The van der Waals surface area contributed by atoms with E-state index < -0.39 is 0 Å². The molecule has 0 radical (unpaired) electrons. The number of nitrogens with zero attached hydrogens (tertiary/aromatic N) is 2. The molecule has 0 bridgehead atoms. The van der Waals surface area contributed by atoms with E-state index in [1.807, 2.05) is 4.90 Å². The number of likely N-dealkylation sites (tertiary alicyclic amines) is 1. The predicted octanol–water partition coefficient (Wildman–Crippen LogP) is 3.37. The van der Waals surface area contributed by atoms with Crippen LogP contribution in [0.25, 0.3) is 0 Å². The first-order valence-electron chi connectivity index (χ1n) is 5.68. The van der Waals surface area contributed by atoms with E-state index in [1.165, 1.54) is 0 Å². The van der Waals surface area contributed by atoms with Crippen molar-refractivity contribution in [3.63, 3.8) is 0 Å². The van der Waals surface area contributed by atoms with Crippen LogP contribution in [0.15, 0.2) is 16.7 Å². The van der Waals surface area contributed by atoms with Gasteiger partial charge < -0.3 is 4.90 Å². The average Bonchev–Trinajstić information content (AvgIpc) is 2.32. The van der Waals surface area contributed by atoms with Crippen molar-refractivity contribution >= 4 is 33.4 Å². The van der Waals surface area contributed by atoms with Gasteiger partial charge in [-0.15, -0.1) is 0 Å². The van der Waals surface area contributed by atoms with E-state index in [0.717, 1.165) is 30.4 Å². The van der Waals surface area contributed by atoms with Gasteiger partial charge in [0.1, 0.15) is 5.15 Å². The van der Waals surface area contributed by atoms with Gasteiger partial charge >= 0.3 is 0 Å². The van der Waals surface area contributed by atoms with Gasteiger partial charge in [0.15, 0.2) is 0 Å². The molecule has 3 nitrogen and oxygen atoms in total. The van der Waals surface area contributed by atoms with Crippen LogP contribution < -0.4 is 0 Å². The van der Waals surface area contributed by atoms with Crippen molar-refractivity contribution in [2.45, 2.75) is 19.8 Å². The molecule has 1 aromatic heterocycles. The van der Waals surface area contributed by atoms with E-state index in [2.05, 4.69) is 27.8 Å². The number of carbonyl (C=O) groups excluding carboxylic acids is 1. The quantitative estimate of drug-likeness (QED) is 0.744. The molecule has 1 aromatic rings. The highest BCUT2D eigenvalue weighted by molar-refractivity contribution is 9.10. The van der Waals surface area contributed by atoms with E-state index in [1.54, 1.807) is 12.3 Å². The Labute approximate surface area is 114 Å². The highest BCUT2D eigenvalue weighted by Crippen LogP contribution is 2.23. The van der Waals surface area contributed by atoms with Crippen LogP contribution in [0.5, 0.6) is 0 Å². The molecule has 0 aliphatic carbocycles. The standard InChI is InChI=1S/C12H14BrClN2O/c1-8-2-4-16(5-3-8)12(17)10-6-9(13)7-15-11(10)14/h6-8H,2-5H2,1H3. The number of halogens is 2. The van der Waals surface area contributed by atoms with Crippen molar-refractivity contribution in [1.29, 1.82) is 0 Å². The molecule has 1 saturated heterocycles. The number of amides is 1. The Kier molecular flexibility index (Phi) is 4.05. The lowest BCUT2D eigenvalue weighted by atomic mass is 9.99. The van der Waals surface area contributed by atoms with Crippen LogP contribution in [-0.4, -0.2) is 28.9 Å². The first-order valence-corrected chi connectivity index (χ1v) is 6.85. The van der Waals surface area contributed by atoms with E-state index in [4.69, 9.17) is 11.6 Å². The molecular weight excluding hydrogens is 304 g/mol. The molecule has 1 aliphatic rings. The first kappa shape index (κ1) is 12.8. The number of pyridine rings is 1. The second-order valence-electron chi connectivity index (χ2n) is 4.47. The minimum Gasteiger partial charge on any atom is -0.339 e. The summed E-state index contributed by atoms with van der Waals surface area (Å²) < 4.78 is 0.774. The van der Waals surface area contributed by atoms with Crippen molar-refractivity contribution < 1.29 is 4.79 Å². The molecule has 0 N–H and O–H groups in total. The maximum Gasteiger partial charge on any atom is 0.257 e. The Morgan fingerprint density at radius 1 is 1.53 bits per heavy atom. The molecule has 0 atom stereocenters. The molecule has 17 heavy (non-hydrogen) atoms. The van der Waals surface area contributed by atoms with Crippen molar-refractivity contribution in [2.75, 3.05) is 13.1 Å². The molecule has 1 aliphatic heterocycles. The maximum absolute atomic E-state index is 12.3. The normalized spacial score (nSPS) is 17.2. The lowest BCUT2D eigenvalue weighted by Gasteiger charge is -2.30. The summed E-state index contributed by atoms with van der Waals surface area (Å²) in [7, 11) is 0. The summed E-state index contributed by atoms with van der Waals surface area (Å²) in [5.74, 6) is 0.686. The molecule has 92 valence electrons. The molecule has 0 saturated carbocycles. The fourth-order valence-electron chi connectivity index (χ4n) is 1.95. The summed E-state index contributed by atoms with van der Waals surface area (Å²) in [6, 6.07) is 1.73. The number of hydrogen-bond acceptors (Lipinski definition) is 2. The second-order valence-corrected chi connectivity index (χ2v) is 5.74. The van der Waals surface area contributed by atoms with E-state index in [-0.39, 0.29) is 11.1 Å². The van der Waals surface area contributed by atoms with Crippen LogP contribution in [-0.2, 0) is 0 Å². The minimum atomic E-state index is -0.0179. The van der Waals surface area contributed by atoms with Crippen LogP contribution in [0.1, 0.15) is 30.1 Å². The Balaban J connectivity index is 2.16. The van der Waals surface area contributed by atoms with Crippen LogP contribution in [0, 0.1) is 5.92 Å². The summed E-state index contributed by atoms with van der Waals surface area (Å²) in [6.45, 7) is 3.83. The molecule has 1 amide bonds. The SMILES string of the molecule is CC1CCN(C(=O)c2cc(Br)cnc2Cl)CC1. The lowest BCUT2D eigenvalue weighted by Crippen LogP contribution is -2.38. The number of rotatable bonds is 1. The van der Waals surface area contributed by atoms with Gasteiger partial charge in [0.2, 0.25) is 0 Å². The van der Waals surface area contributed by atoms with E-state index in [9.17, 15) is 4.79 Å². The largest absolute Gasteiger partial charge is 0.339 e. The third kappa shape index (κ3) is 2.99. The van der Waals surface area contributed by atoms with Crippen molar-refractivity contribution in [2.24, 2.45) is 5.92 Å². The summed E-state index contributed by atoms with van der Waals surface area (Å²) >= 11 is 9.27. The zero-order valence-corrected chi connectivity index (χ0v) is 12.0. The highest BCUT2D eigenvalue weighted by atomic mass is 79.9. The lowest BCUT2D eigenvalue weighted by molar-refractivity contribution is 0.0697. The Morgan fingerprint density at radius 2 is 2.18 bits per heavy atom. The number of hydrogen-bond donors (Lipinski definition) is 0. The zero-order chi connectivity index (χ0) is 12.4. The molecule has 1 fully saturated rings. The van der Waals surface area contributed by atoms with Crippen molar-refractivity contribution in [3.05, 3.63) is 27.5 Å². The van der Waals surface area contributed by atoms with Gasteiger partial charge in [-0.05, 0) is 40.8 Å². The molecule has 2 rings (SSSR count). The van der Waals surface area contributed by atoms with Crippen LogP contribution in [0.3, 0.4) is 0 Å². The molecule has 0 spiro atoms. The topological polar surface area (TPSA) is 33.2 Å². The van der Waals surface area contributed by atoms with Gasteiger partial charge in [-0.25, -0.2) is 4.98 Å². The van der Waals surface area contributed by atoms with Gasteiger partial charge in [-0.2, -0.15) is 0 Å². The third-order valence-electron chi connectivity index (χ3n) is 3.11. The first-order chi connectivity index (χ1) is 8.08. The predicted molar refractivity (Wildman–Crippen MR) is 71.2 cm³/mol. The van der Waals surface area contributed by atoms with Gasteiger partial charge in [0.05, 0.1) is 5.56 Å². The van der Waals surface area contributed by atoms with Crippen molar-refractivity contribution in [1.82, 2.24) is 9.88 Å². The highest BCUT2D eigenvalue weighted by Gasteiger charge is 2.23. The Hall–Kier alpha value is -0.610. The maximum atomic E-state index is 12.3. The zero-order valence-electron chi connectivity index (χ0n) is 9.62. The molecule has 0 aromatic carbocycles. The second kappa shape index (κ2) is 5.36. The summed E-state index contributed by atoms with van der Waals surface area (Å²) in [4.78, 5) is 18.1. The van der Waals surface area contributed by atoms with Gasteiger partial charge in [0.25, 0.3) is 5.91 Å². The molecule has 0 unspecified atom stereocenters. The number of carbonyl (C=O) groups is 1. The minimum absolute atomic E-state index is 0.0179. The van der Waals surface area contributed by atoms with Gasteiger partial charge in [0, 0.05) is 23.8 Å². The number of piperidine rings is 1.